The standard InChI is InChI=1S/C17H11F5O4/c18-11-5-1-2-6-12(11)25-14(23)8-9-15(24)26-13-7-3-4-10(16(13)19)17(20,21)22/h1-7H,8-9H2. The summed E-state index contributed by atoms with van der Waals surface area (Å²) in [7, 11) is 0. The maximum Gasteiger partial charge on any atom is 0.419 e. The third-order valence-electron chi connectivity index (χ3n) is 3.09. The maximum atomic E-state index is 13.7. The smallest absolute Gasteiger partial charge is 0.419 e. The number of carbonyl (C=O) groups is 2. The van der Waals surface area contributed by atoms with Crippen molar-refractivity contribution in [3.63, 3.8) is 0 Å². The van der Waals surface area contributed by atoms with Crippen LogP contribution in [0.3, 0.4) is 0 Å². The molecule has 2 rings (SSSR count). The van der Waals surface area contributed by atoms with Crippen molar-refractivity contribution in [2.45, 2.75) is 19.0 Å². The summed E-state index contributed by atoms with van der Waals surface area (Å²) in [6.07, 6.45) is -6.08. The molecule has 0 radical (unpaired) electrons. The van der Waals surface area contributed by atoms with Gasteiger partial charge >= 0.3 is 18.1 Å². The van der Waals surface area contributed by atoms with Gasteiger partial charge in [-0.2, -0.15) is 13.2 Å². The minimum absolute atomic E-state index is 0.338. The van der Waals surface area contributed by atoms with Gasteiger partial charge in [0.05, 0.1) is 18.4 Å². The fourth-order valence-corrected chi connectivity index (χ4v) is 1.89. The number of hydrogen-bond donors (Lipinski definition) is 0. The van der Waals surface area contributed by atoms with Gasteiger partial charge in [0, 0.05) is 0 Å². The van der Waals surface area contributed by atoms with Gasteiger partial charge in [0.1, 0.15) is 0 Å². The Morgan fingerprint density at radius 3 is 1.92 bits per heavy atom. The zero-order valence-corrected chi connectivity index (χ0v) is 13.0. The number of rotatable bonds is 5. The summed E-state index contributed by atoms with van der Waals surface area (Å²) < 4.78 is 74.0. The summed E-state index contributed by atoms with van der Waals surface area (Å²) >= 11 is 0. The zero-order valence-electron chi connectivity index (χ0n) is 13.0. The van der Waals surface area contributed by atoms with Gasteiger partial charge in [-0.05, 0) is 24.3 Å². The van der Waals surface area contributed by atoms with E-state index in [4.69, 9.17) is 0 Å². The number of halogens is 5. The van der Waals surface area contributed by atoms with Crippen molar-refractivity contribution >= 4 is 11.9 Å². The molecule has 2 aromatic carbocycles. The minimum atomic E-state index is -4.95. The summed E-state index contributed by atoms with van der Waals surface area (Å²) in [6.45, 7) is 0. The summed E-state index contributed by atoms with van der Waals surface area (Å²) in [6, 6.07) is 7.29. The van der Waals surface area contributed by atoms with Crippen LogP contribution in [0.15, 0.2) is 42.5 Å². The third kappa shape index (κ3) is 5.01. The van der Waals surface area contributed by atoms with Gasteiger partial charge in [0.2, 0.25) is 0 Å². The van der Waals surface area contributed by atoms with E-state index in [1.54, 1.807) is 0 Å². The number of ether oxygens (including phenoxy) is 2. The van der Waals surface area contributed by atoms with Crippen LogP contribution in [-0.2, 0) is 15.8 Å². The van der Waals surface area contributed by atoms with Crippen LogP contribution in [0.4, 0.5) is 22.0 Å². The fourth-order valence-electron chi connectivity index (χ4n) is 1.89. The van der Waals surface area contributed by atoms with E-state index in [2.05, 4.69) is 9.47 Å². The zero-order chi connectivity index (χ0) is 19.3. The lowest BCUT2D eigenvalue weighted by Gasteiger charge is -2.11. The van der Waals surface area contributed by atoms with Crippen molar-refractivity contribution in [3.8, 4) is 11.5 Å². The lowest BCUT2D eigenvalue weighted by molar-refractivity contribution is -0.142. The molecule has 0 heterocycles. The molecule has 0 atom stereocenters. The molecule has 0 unspecified atom stereocenters. The van der Waals surface area contributed by atoms with E-state index in [0.717, 1.165) is 18.2 Å². The average Bonchev–Trinajstić information content (AvgIpc) is 2.56. The second kappa shape index (κ2) is 7.94. The first-order chi connectivity index (χ1) is 12.2. The first kappa shape index (κ1) is 19.4. The highest BCUT2D eigenvalue weighted by atomic mass is 19.4. The molecule has 0 bridgehead atoms. The maximum absolute atomic E-state index is 13.7. The Bertz CT molecular complexity index is 817. The van der Waals surface area contributed by atoms with E-state index >= 15 is 0 Å². The summed E-state index contributed by atoms with van der Waals surface area (Å²) in [5, 5.41) is 0. The van der Waals surface area contributed by atoms with Crippen molar-refractivity contribution in [1.82, 2.24) is 0 Å². The van der Waals surface area contributed by atoms with Crippen LogP contribution < -0.4 is 9.47 Å². The molecule has 9 heteroatoms. The predicted octanol–water partition coefficient (Wildman–Crippen LogP) is 4.27. The van der Waals surface area contributed by atoms with Crippen molar-refractivity contribution in [3.05, 3.63) is 59.7 Å². The number of alkyl halides is 3. The van der Waals surface area contributed by atoms with Gasteiger partial charge in [0.25, 0.3) is 0 Å². The quantitative estimate of drug-likeness (QED) is 0.446. The van der Waals surface area contributed by atoms with Crippen LogP contribution in [0.25, 0.3) is 0 Å². The Morgan fingerprint density at radius 2 is 1.35 bits per heavy atom. The normalized spacial score (nSPS) is 11.1. The van der Waals surface area contributed by atoms with Crippen LogP contribution >= 0.6 is 0 Å². The molecule has 0 fully saturated rings. The van der Waals surface area contributed by atoms with E-state index in [-0.39, 0.29) is 5.75 Å². The molecule has 4 nitrogen and oxygen atoms in total. The summed E-state index contributed by atoms with van der Waals surface area (Å²) in [4.78, 5) is 23.2. The first-order valence-electron chi connectivity index (χ1n) is 7.20. The van der Waals surface area contributed by atoms with Crippen LogP contribution in [0.5, 0.6) is 11.5 Å². The molecular formula is C17H11F5O4. The van der Waals surface area contributed by atoms with E-state index in [0.29, 0.717) is 6.07 Å². The number of para-hydroxylation sites is 1. The SMILES string of the molecule is O=C(CCC(=O)Oc1cccc(C(F)(F)F)c1F)Oc1ccccc1F. The van der Waals surface area contributed by atoms with Crippen LogP contribution in [-0.4, -0.2) is 11.9 Å². The highest BCUT2D eigenvalue weighted by Gasteiger charge is 2.35. The molecule has 0 saturated heterocycles. The third-order valence-corrected chi connectivity index (χ3v) is 3.09. The molecule has 0 amide bonds. The predicted molar refractivity (Wildman–Crippen MR) is 78.3 cm³/mol. The molecule has 0 N–H and O–H groups in total. The van der Waals surface area contributed by atoms with Gasteiger partial charge in [-0.3, -0.25) is 9.59 Å². The highest BCUT2D eigenvalue weighted by Crippen LogP contribution is 2.34. The van der Waals surface area contributed by atoms with E-state index in [9.17, 15) is 31.5 Å². The first-order valence-corrected chi connectivity index (χ1v) is 7.20. The summed E-state index contributed by atoms with van der Waals surface area (Å²) in [5.41, 5.74) is -1.58. The number of carbonyl (C=O) groups excluding carboxylic acids is 2. The number of hydrogen-bond acceptors (Lipinski definition) is 4. The molecular weight excluding hydrogens is 363 g/mol. The topological polar surface area (TPSA) is 52.6 Å². The number of benzene rings is 2. The van der Waals surface area contributed by atoms with Gasteiger partial charge in [0.15, 0.2) is 23.1 Å². The Morgan fingerprint density at radius 1 is 0.808 bits per heavy atom. The molecule has 26 heavy (non-hydrogen) atoms. The van der Waals surface area contributed by atoms with Crippen molar-refractivity contribution < 1.29 is 41.0 Å². The molecule has 0 aromatic heterocycles. The van der Waals surface area contributed by atoms with Crippen molar-refractivity contribution in [2.24, 2.45) is 0 Å². The van der Waals surface area contributed by atoms with Crippen molar-refractivity contribution in [2.75, 3.05) is 0 Å². The van der Waals surface area contributed by atoms with E-state index in [1.807, 2.05) is 0 Å². The summed E-state index contributed by atoms with van der Waals surface area (Å²) in [5.74, 6) is -5.87. The number of esters is 2. The lowest BCUT2D eigenvalue weighted by atomic mass is 10.2. The largest absolute Gasteiger partial charge is 0.423 e. The highest BCUT2D eigenvalue weighted by molar-refractivity contribution is 5.80. The molecule has 0 spiro atoms. The van der Waals surface area contributed by atoms with Crippen molar-refractivity contribution in [1.29, 1.82) is 0 Å². The van der Waals surface area contributed by atoms with Crippen LogP contribution in [0, 0.1) is 11.6 Å². The Hall–Kier alpha value is -2.97. The van der Waals surface area contributed by atoms with Gasteiger partial charge in [-0.25, -0.2) is 8.78 Å². The molecule has 138 valence electrons. The van der Waals surface area contributed by atoms with Gasteiger partial charge in [-0.15, -0.1) is 0 Å². The Labute approximate surface area is 144 Å². The molecule has 0 aliphatic rings. The monoisotopic (exact) mass is 374 g/mol. The van der Waals surface area contributed by atoms with E-state index < -0.39 is 53.9 Å². The Balaban J connectivity index is 1.93. The van der Waals surface area contributed by atoms with E-state index in [1.165, 1.54) is 18.2 Å². The average molecular weight is 374 g/mol. The van der Waals surface area contributed by atoms with Crippen LogP contribution in [0.2, 0.25) is 0 Å². The Kier molecular flexibility index (Phi) is 5.91. The molecule has 0 saturated carbocycles. The molecule has 2 aromatic rings. The van der Waals surface area contributed by atoms with Gasteiger partial charge < -0.3 is 9.47 Å². The molecule has 0 aliphatic carbocycles. The van der Waals surface area contributed by atoms with Gasteiger partial charge in [-0.1, -0.05) is 18.2 Å². The second-order valence-electron chi connectivity index (χ2n) is 4.99. The lowest BCUT2D eigenvalue weighted by Crippen LogP contribution is -2.16. The fraction of sp³-hybridized carbons (Fsp3) is 0.176. The minimum Gasteiger partial charge on any atom is -0.423 e. The molecule has 0 aliphatic heterocycles. The second-order valence-corrected chi connectivity index (χ2v) is 4.99. The van der Waals surface area contributed by atoms with Crippen LogP contribution in [0.1, 0.15) is 18.4 Å².